The number of carbonyl (C=O) groups is 1. The van der Waals surface area contributed by atoms with Crippen LogP contribution in [0.2, 0.25) is 0 Å². The molecule has 2 aromatic carbocycles. The van der Waals surface area contributed by atoms with Gasteiger partial charge in [0.1, 0.15) is 0 Å². The van der Waals surface area contributed by atoms with Gasteiger partial charge in [0.2, 0.25) is 15.9 Å². The van der Waals surface area contributed by atoms with Crippen molar-refractivity contribution in [3.05, 3.63) is 59.7 Å². The molecule has 2 N–H and O–H groups in total. The summed E-state index contributed by atoms with van der Waals surface area (Å²) in [6.07, 6.45) is 1.76. The van der Waals surface area contributed by atoms with Crippen molar-refractivity contribution in [3.63, 3.8) is 0 Å². The summed E-state index contributed by atoms with van der Waals surface area (Å²) in [5, 5.41) is 2.71. The number of sulfonamides is 1. The van der Waals surface area contributed by atoms with Gasteiger partial charge in [-0.05, 0) is 54.2 Å². The van der Waals surface area contributed by atoms with Crippen molar-refractivity contribution in [1.82, 2.24) is 4.72 Å². The Hall–Kier alpha value is -2.18. The largest absolute Gasteiger partial charge is 0.325 e. The first-order valence-corrected chi connectivity index (χ1v) is 10.3. The van der Waals surface area contributed by atoms with Gasteiger partial charge < -0.3 is 5.32 Å². The molecule has 0 saturated heterocycles. The van der Waals surface area contributed by atoms with Gasteiger partial charge in [-0.1, -0.05) is 45.0 Å². The lowest BCUT2D eigenvalue weighted by Gasteiger charge is -2.10. The maximum absolute atomic E-state index is 12.3. The molecule has 5 nitrogen and oxygen atoms in total. The van der Waals surface area contributed by atoms with E-state index in [4.69, 9.17) is 0 Å². The number of aryl methyl sites for hydroxylation is 1. The van der Waals surface area contributed by atoms with Crippen molar-refractivity contribution >= 4 is 21.6 Å². The fraction of sp³-hybridized carbons (Fsp3) is 0.350. The maximum Gasteiger partial charge on any atom is 0.241 e. The number of hydrogen-bond donors (Lipinski definition) is 2. The first-order valence-electron chi connectivity index (χ1n) is 8.77. The quantitative estimate of drug-likeness (QED) is 0.744. The minimum absolute atomic E-state index is 0.158. The van der Waals surface area contributed by atoms with Gasteiger partial charge in [0, 0.05) is 5.69 Å². The van der Waals surface area contributed by atoms with Crippen molar-refractivity contribution < 1.29 is 13.2 Å². The van der Waals surface area contributed by atoms with E-state index in [1.165, 1.54) is 0 Å². The lowest BCUT2D eigenvalue weighted by Crippen LogP contribution is -2.32. The average molecular weight is 375 g/mol. The summed E-state index contributed by atoms with van der Waals surface area (Å²) in [6.45, 7) is 5.94. The molecule has 0 aliphatic carbocycles. The second-order valence-corrected chi connectivity index (χ2v) is 8.44. The molecule has 0 unspecified atom stereocenters. The number of carbonyl (C=O) groups excluding carboxylic acids is 1. The molecule has 0 aliphatic rings. The van der Waals surface area contributed by atoms with E-state index in [0.717, 1.165) is 24.0 Å². The van der Waals surface area contributed by atoms with E-state index >= 15 is 0 Å². The highest BCUT2D eigenvalue weighted by Crippen LogP contribution is 2.14. The first kappa shape index (κ1) is 20.1. The Morgan fingerprint density at radius 3 is 2.35 bits per heavy atom. The van der Waals surface area contributed by atoms with Crippen LogP contribution in [0.4, 0.5) is 5.69 Å². The standard InChI is InChI=1S/C20H26N2O3S/c1-4-16-6-5-7-18(13-16)22-20(23)14-21-26(24,25)19-10-8-17(9-11-19)12-15(2)3/h5-11,13,15,21H,4,12,14H2,1-3H3,(H,22,23). The third-order valence-electron chi connectivity index (χ3n) is 3.92. The lowest BCUT2D eigenvalue weighted by molar-refractivity contribution is -0.115. The number of rotatable bonds is 8. The predicted octanol–water partition coefficient (Wildman–Crippen LogP) is 3.36. The van der Waals surface area contributed by atoms with Crippen LogP contribution in [0.25, 0.3) is 0 Å². The molecule has 0 radical (unpaired) electrons. The predicted molar refractivity (Wildman–Crippen MR) is 105 cm³/mol. The van der Waals surface area contributed by atoms with Crippen LogP contribution in [0.1, 0.15) is 31.9 Å². The van der Waals surface area contributed by atoms with E-state index in [0.29, 0.717) is 11.6 Å². The Bertz CT molecular complexity index is 844. The molecule has 1 amide bonds. The van der Waals surface area contributed by atoms with Crippen LogP contribution in [0, 0.1) is 5.92 Å². The molecule has 0 heterocycles. The molecule has 0 aliphatic heterocycles. The summed E-state index contributed by atoms with van der Waals surface area (Å²) in [5.41, 5.74) is 2.85. The smallest absolute Gasteiger partial charge is 0.241 e. The number of benzene rings is 2. The molecule has 0 atom stereocenters. The van der Waals surface area contributed by atoms with Crippen molar-refractivity contribution in [2.75, 3.05) is 11.9 Å². The van der Waals surface area contributed by atoms with Crippen molar-refractivity contribution in [3.8, 4) is 0 Å². The first-order chi connectivity index (χ1) is 12.3. The van der Waals surface area contributed by atoms with Crippen LogP contribution in [0.3, 0.4) is 0 Å². The third kappa shape index (κ3) is 5.97. The molecular weight excluding hydrogens is 348 g/mol. The number of hydrogen-bond acceptors (Lipinski definition) is 3. The molecule has 140 valence electrons. The molecule has 26 heavy (non-hydrogen) atoms. The van der Waals surface area contributed by atoms with Crippen LogP contribution >= 0.6 is 0 Å². The topological polar surface area (TPSA) is 75.3 Å². The molecule has 2 rings (SSSR count). The zero-order valence-corrected chi connectivity index (χ0v) is 16.3. The van der Waals surface area contributed by atoms with Gasteiger partial charge in [-0.2, -0.15) is 0 Å². The monoisotopic (exact) mass is 374 g/mol. The maximum atomic E-state index is 12.3. The summed E-state index contributed by atoms with van der Waals surface area (Å²) in [5.74, 6) is 0.101. The Balaban J connectivity index is 1.95. The molecule has 0 aromatic heterocycles. The van der Waals surface area contributed by atoms with Gasteiger partial charge in [-0.25, -0.2) is 13.1 Å². The van der Waals surface area contributed by atoms with E-state index in [2.05, 4.69) is 23.9 Å². The Morgan fingerprint density at radius 1 is 1.04 bits per heavy atom. The van der Waals surface area contributed by atoms with E-state index in [1.807, 2.05) is 37.3 Å². The molecular formula is C20H26N2O3S. The Kier molecular flexibility index (Phi) is 6.94. The number of amides is 1. The van der Waals surface area contributed by atoms with E-state index in [1.54, 1.807) is 18.2 Å². The van der Waals surface area contributed by atoms with Gasteiger partial charge in [-0.3, -0.25) is 4.79 Å². The van der Waals surface area contributed by atoms with Gasteiger partial charge in [0.25, 0.3) is 0 Å². The number of nitrogens with one attached hydrogen (secondary N) is 2. The van der Waals surface area contributed by atoms with Gasteiger partial charge in [-0.15, -0.1) is 0 Å². The fourth-order valence-corrected chi connectivity index (χ4v) is 3.58. The fourth-order valence-electron chi connectivity index (χ4n) is 2.59. The van der Waals surface area contributed by atoms with Gasteiger partial charge in [0.05, 0.1) is 11.4 Å². The van der Waals surface area contributed by atoms with Gasteiger partial charge >= 0.3 is 0 Å². The zero-order chi connectivity index (χ0) is 19.2. The van der Waals surface area contributed by atoms with Gasteiger partial charge in [0.15, 0.2) is 0 Å². The molecule has 0 saturated carbocycles. The zero-order valence-electron chi connectivity index (χ0n) is 15.5. The van der Waals surface area contributed by atoms with Crippen molar-refractivity contribution in [2.45, 2.75) is 38.5 Å². The van der Waals surface area contributed by atoms with Crippen LogP contribution in [-0.4, -0.2) is 20.9 Å². The number of anilines is 1. The molecule has 0 bridgehead atoms. The summed E-state index contributed by atoms with van der Waals surface area (Å²) >= 11 is 0. The van der Waals surface area contributed by atoms with Crippen molar-refractivity contribution in [1.29, 1.82) is 0 Å². The Morgan fingerprint density at radius 2 is 1.73 bits per heavy atom. The highest BCUT2D eigenvalue weighted by atomic mass is 32.2. The van der Waals surface area contributed by atoms with E-state index in [9.17, 15) is 13.2 Å². The van der Waals surface area contributed by atoms with Crippen LogP contribution < -0.4 is 10.0 Å². The molecule has 6 heteroatoms. The second-order valence-electron chi connectivity index (χ2n) is 6.67. The third-order valence-corrected chi connectivity index (χ3v) is 5.34. The summed E-state index contributed by atoms with van der Waals surface area (Å²) in [7, 11) is -3.72. The second kappa shape index (κ2) is 8.96. The molecule has 0 fully saturated rings. The minimum Gasteiger partial charge on any atom is -0.325 e. The molecule has 0 spiro atoms. The normalized spacial score (nSPS) is 11.5. The van der Waals surface area contributed by atoms with E-state index in [-0.39, 0.29) is 11.4 Å². The average Bonchev–Trinajstić information content (AvgIpc) is 2.60. The lowest BCUT2D eigenvalue weighted by atomic mass is 10.0. The summed E-state index contributed by atoms with van der Waals surface area (Å²) in [6, 6.07) is 14.2. The van der Waals surface area contributed by atoms with E-state index < -0.39 is 15.9 Å². The van der Waals surface area contributed by atoms with Crippen LogP contribution in [0.15, 0.2) is 53.4 Å². The minimum atomic E-state index is -3.72. The Labute approximate surface area is 155 Å². The van der Waals surface area contributed by atoms with Crippen molar-refractivity contribution in [2.24, 2.45) is 5.92 Å². The highest BCUT2D eigenvalue weighted by molar-refractivity contribution is 7.89. The summed E-state index contributed by atoms with van der Waals surface area (Å²) in [4.78, 5) is 12.2. The summed E-state index contributed by atoms with van der Waals surface area (Å²) < 4.78 is 27.0. The van der Waals surface area contributed by atoms with Crippen LogP contribution in [0.5, 0.6) is 0 Å². The SMILES string of the molecule is CCc1cccc(NC(=O)CNS(=O)(=O)c2ccc(CC(C)C)cc2)c1. The molecule has 2 aromatic rings. The highest BCUT2D eigenvalue weighted by Gasteiger charge is 2.15. The van der Waals surface area contributed by atoms with Crippen LogP contribution in [-0.2, 0) is 27.7 Å².